The summed E-state index contributed by atoms with van der Waals surface area (Å²) in [4.78, 5) is 18.2. The molecule has 0 saturated carbocycles. The van der Waals surface area contributed by atoms with Crippen LogP contribution in [0.15, 0.2) is 60.9 Å². The van der Waals surface area contributed by atoms with Crippen LogP contribution in [0.3, 0.4) is 0 Å². The number of carbonyl (C=O) groups excluding carboxylic acids is 1. The fourth-order valence-corrected chi connectivity index (χ4v) is 2.56. The van der Waals surface area contributed by atoms with Gasteiger partial charge in [-0.25, -0.2) is 9.37 Å². The van der Waals surface area contributed by atoms with Crippen LogP contribution >= 0.6 is 0 Å². The van der Waals surface area contributed by atoms with Crippen molar-refractivity contribution in [2.45, 2.75) is 13.1 Å². The molecule has 1 amide bonds. The number of carbonyl (C=O) groups is 1. The van der Waals surface area contributed by atoms with E-state index in [4.69, 9.17) is 0 Å². The van der Waals surface area contributed by atoms with Gasteiger partial charge < -0.3 is 14.6 Å². The quantitative estimate of drug-likeness (QED) is 0.777. The zero-order valence-corrected chi connectivity index (χ0v) is 13.8. The molecule has 1 heterocycles. The van der Waals surface area contributed by atoms with Crippen molar-refractivity contribution in [1.82, 2.24) is 14.5 Å². The van der Waals surface area contributed by atoms with Crippen molar-refractivity contribution < 1.29 is 14.3 Å². The van der Waals surface area contributed by atoms with Gasteiger partial charge >= 0.3 is 0 Å². The van der Waals surface area contributed by atoms with Gasteiger partial charge in [0.15, 0.2) is 11.6 Å². The second-order valence-electron chi connectivity index (χ2n) is 5.78. The van der Waals surface area contributed by atoms with E-state index in [0.29, 0.717) is 13.1 Å². The Morgan fingerprint density at radius 1 is 1.24 bits per heavy atom. The van der Waals surface area contributed by atoms with Crippen molar-refractivity contribution in [2.24, 2.45) is 0 Å². The van der Waals surface area contributed by atoms with Crippen LogP contribution in [0.2, 0.25) is 0 Å². The number of rotatable bonds is 5. The minimum atomic E-state index is -0.815. The van der Waals surface area contributed by atoms with Crippen molar-refractivity contribution in [3.63, 3.8) is 0 Å². The molecule has 128 valence electrons. The van der Waals surface area contributed by atoms with E-state index in [2.05, 4.69) is 4.98 Å². The molecule has 0 aliphatic carbocycles. The highest BCUT2D eigenvalue weighted by atomic mass is 19.1. The largest absolute Gasteiger partial charge is 0.505 e. The van der Waals surface area contributed by atoms with Crippen molar-refractivity contribution >= 4 is 5.91 Å². The van der Waals surface area contributed by atoms with Gasteiger partial charge in [0.05, 0.1) is 6.54 Å². The van der Waals surface area contributed by atoms with Crippen molar-refractivity contribution in [1.29, 1.82) is 0 Å². The molecular weight excluding hydrogens is 321 g/mol. The van der Waals surface area contributed by atoms with Gasteiger partial charge in [0.1, 0.15) is 5.82 Å². The highest BCUT2D eigenvalue weighted by molar-refractivity contribution is 5.94. The van der Waals surface area contributed by atoms with Gasteiger partial charge in [-0.1, -0.05) is 30.3 Å². The van der Waals surface area contributed by atoms with Crippen LogP contribution in [-0.4, -0.2) is 32.5 Å². The van der Waals surface area contributed by atoms with Crippen molar-refractivity contribution in [3.05, 3.63) is 83.7 Å². The number of aromatic hydroxyl groups is 1. The zero-order valence-electron chi connectivity index (χ0n) is 13.8. The smallest absolute Gasteiger partial charge is 0.254 e. The maximum absolute atomic E-state index is 13.4. The second kappa shape index (κ2) is 7.17. The zero-order chi connectivity index (χ0) is 17.8. The average molecular weight is 339 g/mol. The first-order chi connectivity index (χ1) is 12.0. The van der Waals surface area contributed by atoms with E-state index in [9.17, 15) is 14.3 Å². The molecule has 5 nitrogen and oxygen atoms in total. The minimum Gasteiger partial charge on any atom is -0.505 e. The van der Waals surface area contributed by atoms with Gasteiger partial charge in [0.25, 0.3) is 5.91 Å². The third-order valence-corrected chi connectivity index (χ3v) is 3.92. The molecule has 3 rings (SSSR count). The maximum Gasteiger partial charge on any atom is 0.254 e. The molecule has 0 saturated heterocycles. The molecule has 0 bridgehead atoms. The number of aromatic nitrogens is 2. The molecule has 0 spiro atoms. The average Bonchev–Trinajstić information content (AvgIpc) is 3.04. The van der Waals surface area contributed by atoms with Crippen molar-refractivity contribution in [3.8, 4) is 5.75 Å². The van der Waals surface area contributed by atoms with Crippen LogP contribution in [0.1, 0.15) is 21.7 Å². The third kappa shape index (κ3) is 3.85. The standard InChI is InChI=1S/C19H18FN3O2/c1-22(19(25)15-7-8-17(24)16(20)11-15)13-18-21-9-10-23(18)12-14-5-3-2-4-6-14/h2-11,24H,12-13H2,1H3. The Labute approximate surface area is 145 Å². The number of imidazole rings is 1. The summed E-state index contributed by atoms with van der Waals surface area (Å²) < 4.78 is 15.4. The fourth-order valence-electron chi connectivity index (χ4n) is 2.56. The summed E-state index contributed by atoms with van der Waals surface area (Å²) in [7, 11) is 1.63. The SMILES string of the molecule is CN(Cc1nccn1Cc1ccccc1)C(=O)c1ccc(O)c(F)c1. The Hall–Kier alpha value is -3.15. The molecule has 3 aromatic rings. The number of phenolic OH excluding ortho intramolecular Hbond substituents is 1. The molecule has 0 fully saturated rings. The summed E-state index contributed by atoms with van der Waals surface area (Å²) in [5.41, 5.74) is 1.32. The van der Waals surface area contributed by atoms with Crippen LogP contribution in [0.4, 0.5) is 4.39 Å². The minimum absolute atomic E-state index is 0.180. The number of hydrogen-bond acceptors (Lipinski definition) is 3. The Bertz CT molecular complexity index is 877. The topological polar surface area (TPSA) is 58.4 Å². The normalized spacial score (nSPS) is 10.6. The van der Waals surface area contributed by atoms with Crippen LogP contribution in [0.5, 0.6) is 5.75 Å². The lowest BCUT2D eigenvalue weighted by atomic mass is 10.2. The lowest BCUT2D eigenvalue weighted by Crippen LogP contribution is -2.28. The summed E-state index contributed by atoms with van der Waals surface area (Å²) in [6.45, 7) is 0.952. The first kappa shape index (κ1) is 16.7. The Kier molecular flexibility index (Phi) is 4.79. The monoisotopic (exact) mass is 339 g/mol. The van der Waals surface area contributed by atoms with Gasteiger partial charge in [-0.05, 0) is 23.8 Å². The predicted octanol–water partition coefficient (Wildman–Crippen LogP) is 3.05. The molecule has 1 N–H and O–H groups in total. The van der Waals surface area contributed by atoms with Gasteiger partial charge in [-0.3, -0.25) is 4.79 Å². The van der Waals surface area contributed by atoms with Crippen LogP contribution in [0.25, 0.3) is 0 Å². The highest BCUT2D eigenvalue weighted by Gasteiger charge is 2.16. The number of phenols is 1. The first-order valence-corrected chi connectivity index (χ1v) is 7.82. The molecule has 6 heteroatoms. The molecule has 0 unspecified atom stereocenters. The number of halogens is 1. The van der Waals surface area contributed by atoms with E-state index in [1.807, 2.05) is 41.1 Å². The molecular formula is C19H18FN3O2. The molecule has 2 aromatic carbocycles. The summed E-state index contributed by atoms with van der Waals surface area (Å²) in [5.74, 6) is -0.894. The lowest BCUT2D eigenvalue weighted by molar-refractivity contribution is 0.0779. The van der Waals surface area contributed by atoms with E-state index in [1.165, 1.54) is 17.0 Å². The summed E-state index contributed by atoms with van der Waals surface area (Å²) in [6.07, 6.45) is 3.55. The van der Waals surface area contributed by atoms with Gasteiger partial charge in [-0.2, -0.15) is 0 Å². The Morgan fingerprint density at radius 3 is 2.72 bits per heavy atom. The van der Waals surface area contributed by atoms with Gasteiger partial charge in [-0.15, -0.1) is 0 Å². The van der Waals surface area contributed by atoms with E-state index in [1.54, 1.807) is 13.2 Å². The second-order valence-corrected chi connectivity index (χ2v) is 5.78. The molecule has 25 heavy (non-hydrogen) atoms. The predicted molar refractivity (Wildman–Crippen MR) is 91.6 cm³/mol. The van der Waals surface area contributed by atoms with Crippen LogP contribution < -0.4 is 0 Å². The molecule has 1 aromatic heterocycles. The Balaban J connectivity index is 1.73. The van der Waals surface area contributed by atoms with Crippen LogP contribution in [0, 0.1) is 5.82 Å². The van der Waals surface area contributed by atoms with Gasteiger partial charge in [0, 0.05) is 31.5 Å². The number of amides is 1. The van der Waals surface area contributed by atoms with Crippen molar-refractivity contribution in [2.75, 3.05) is 7.05 Å². The van der Waals surface area contributed by atoms with Crippen LogP contribution in [-0.2, 0) is 13.1 Å². The highest BCUT2D eigenvalue weighted by Crippen LogP contribution is 2.17. The molecule has 0 aliphatic rings. The third-order valence-electron chi connectivity index (χ3n) is 3.92. The van der Waals surface area contributed by atoms with E-state index < -0.39 is 11.6 Å². The molecule has 0 atom stereocenters. The lowest BCUT2D eigenvalue weighted by Gasteiger charge is -2.18. The van der Waals surface area contributed by atoms with E-state index >= 15 is 0 Å². The van der Waals surface area contributed by atoms with E-state index in [-0.39, 0.29) is 11.5 Å². The number of nitrogens with zero attached hydrogens (tertiary/aromatic N) is 3. The summed E-state index contributed by atoms with van der Waals surface area (Å²) in [6, 6.07) is 13.6. The number of benzene rings is 2. The summed E-state index contributed by atoms with van der Waals surface area (Å²) in [5, 5.41) is 9.23. The molecule has 0 radical (unpaired) electrons. The molecule has 0 aliphatic heterocycles. The summed E-state index contributed by atoms with van der Waals surface area (Å²) >= 11 is 0. The first-order valence-electron chi connectivity index (χ1n) is 7.82. The maximum atomic E-state index is 13.4. The number of hydrogen-bond donors (Lipinski definition) is 1. The Morgan fingerprint density at radius 2 is 2.00 bits per heavy atom. The van der Waals surface area contributed by atoms with Gasteiger partial charge in [0.2, 0.25) is 0 Å². The van der Waals surface area contributed by atoms with E-state index in [0.717, 1.165) is 17.5 Å². The fraction of sp³-hybridized carbons (Fsp3) is 0.158.